The van der Waals surface area contributed by atoms with Crippen molar-refractivity contribution in [3.05, 3.63) is 95.1 Å². The molecule has 11 nitrogen and oxygen atoms in total. The van der Waals surface area contributed by atoms with E-state index in [1.807, 2.05) is 72.8 Å². The molecule has 0 radical (unpaired) electrons. The standard InChI is InChI=1S/C35H37F3N6O5S/c1-21-29(20-50-34-40-41-42-43(34)2)48-32(49-30(21)25-10-8-22(19-45)9-11-25)26-14-12-24(13-15-26)27-6-3-5-23(17-27)18-39-31(46)28-7-4-16-44(28)33(47)35(36,37)38/h3,5-6,8-15,17,21,28-30,32,45H,4,7,16,18-20H2,1-2H3,(H,39,46)/t21-,28-,29+,30+,32+/m0/s1. The van der Waals surface area contributed by atoms with E-state index in [1.165, 1.54) is 11.8 Å². The van der Waals surface area contributed by atoms with E-state index < -0.39 is 30.3 Å². The Morgan fingerprint density at radius 1 is 1.00 bits per heavy atom. The molecule has 0 saturated carbocycles. The van der Waals surface area contributed by atoms with Crippen LogP contribution in [0.4, 0.5) is 13.2 Å². The lowest BCUT2D eigenvalue weighted by Gasteiger charge is -2.41. The molecule has 2 fully saturated rings. The van der Waals surface area contributed by atoms with Crippen LogP contribution in [0.1, 0.15) is 54.4 Å². The van der Waals surface area contributed by atoms with Crippen molar-refractivity contribution < 1.29 is 37.3 Å². The number of benzene rings is 3. The van der Waals surface area contributed by atoms with Crippen molar-refractivity contribution in [2.24, 2.45) is 13.0 Å². The predicted molar refractivity (Wildman–Crippen MR) is 177 cm³/mol. The Bertz CT molecular complexity index is 1790. The smallest absolute Gasteiger partial charge is 0.392 e. The molecule has 3 aromatic carbocycles. The molecule has 2 amide bonds. The van der Waals surface area contributed by atoms with Gasteiger partial charge in [-0.1, -0.05) is 85.4 Å². The summed E-state index contributed by atoms with van der Waals surface area (Å²) in [4.78, 5) is 25.2. The number of aromatic nitrogens is 4. The summed E-state index contributed by atoms with van der Waals surface area (Å²) in [6, 6.07) is 21.9. The van der Waals surface area contributed by atoms with Crippen LogP contribution < -0.4 is 5.32 Å². The number of ether oxygens (including phenoxy) is 2. The molecule has 3 heterocycles. The molecule has 0 unspecified atom stereocenters. The Labute approximate surface area is 291 Å². The molecule has 50 heavy (non-hydrogen) atoms. The van der Waals surface area contributed by atoms with Gasteiger partial charge in [-0.25, -0.2) is 4.68 Å². The van der Waals surface area contributed by atoms with Crippen LogP contribution in [0.15, 0.2) is 78.0 Å². The second kappa shape index (κ2) is 15.3. The molecule has 2 N–H and O–H groups in total. The Morgan fingerprint density at radius 3 is 2.42 bits per heavy atom. The van der Waals surface area contributed by atoms with Gasteiger partial charge in [-0.05, 0) is 57.2 Å². The van der Waals surface area contributed by atoms with Gasteiger partial charge in [0.15, 0.2) is 6.29 Å². The molecule has 5 atom stereocenters. The number of aliphatic hydroxyl groups excluding tert-OH is 1. The van der Waals surface area contributed by atoms with Gasteiger partial charge in [0.05, 0.1) is 18.8 Å². The quantitative estimate of drug-likeness (QED) is 0.215. The third-order valence-corrected chi connectivity index (χ3v) is 10.1. The number of aliphatic hydroxyl groups is 1. The third-order valence-electron chi connectivity index (χ3n) is 9.05. The summed E-state index contributed by atoms with van der Waals surface area (Å²) in [6.07, 6.45) is -5.65. The van der Waals surface area contributed by atoms with Gasteiger partial charge in [-0.15, -0.1) is 5.10 Å². The fourth-order valence-electron chi connectivity index (χ4n) is 6.26. The normalized spacial score (nSPS) is 22.4. The molecule has 2 aliphatic rings. The van der Waals surface area contributed by atoms with Gasteiger partial charge in [0.2, 0.25) is 11.1 Å². The van der Waals surface area contributed by atoms with Gasteiger partial charge in [-0.3, -0.25) is 9.59 Å². The van der Waals surface area contributed by atoms with E-state index in [1.54, 1.807) is 11.7 Å². The highest BCUT2D eigenvalue weighted by atomic mass is 32.2. The number of alkyl halides is 3. The van der Waals surface area contributed by atoms with Crippen LogP contribution in [0.3, 0.4) is 0 Å². The lowest BCUT2D eigenvalue weighted by Crippen LogP contribution is -2.50. The average Bonchev–Trinajstić information content (AvgIpc) is 3.79. The lowest BCUT2D eigenvalue weighted by atomic mass is 9.91. The zero-order valence-corrected chi connectivity index (χ0v) is 28.2. The second-order valence-corrected chi connectivity index (χ2v) is 13.4. The molecule has 264 valence electrons. The number of hydrogen-bond acceptors (Lipinski definition) is 9. The number of likely N-dealkylation sites (tertiary alicyclic amines) is 1. The number of amides is 2. The first-order valence-electron chi connectivity index (χ1n) is 16.2. The van der Waals surface area contributed by atoms with Crippen LogP contribution in [0.5, 0.6) is 0 Å². The van der Waals surface area contributed by atoms with Crippen molar-refractivity contribution in [1.29, 1.82) is 0 Å². The highest BCUT2D eigenvalue weighted by molar-refractivity contribution is 7.99. The molecule has 2 aliphatic heterocycles. The van der Waals surface area contributed by atoms with Crippen LogP contribution in [0.2, 0.25) is 0 Å². The Balaban J connectivity index is 1.14. The molecule has 2 saturated heterocycles. The average molecular weight is 711 g/mol. The molecule has 4 aromatic rings. The van der Waals surface area contributed by atoms with Crippen molar-refractivity contribution >= 4 is 23.6 Å². The topological polar surface area (TPSA) is 132 Å². The Morgan fingerprint density at radius 2 is 1.74 bits per heavy atom. The fraction of sp³-hybridized carbons (Fsp3) is 0.400. The zero-order valence-electron chi connectivity index (χ0n) is 27.4. The van der Waals surface area contributed by atoms with Gasteiger partial charge in [0.1, 0.15) is 6.04 Å². The number of halogens is 3. The predicted octanol–water partition coefficient (Wildman–Crippen LogP) is 5.12. The first-order chi connectivity index (χ1) is 24.0. The van der Waals surface area contributed by atoms with Crippen LogP contribution >= 0.6 is 11.8 Å². The molecule has 0 bridgehead atoms. The molecular weight excluding hydrogens is 673 g/mol. The maximum absolute atomic E-state index is 13.0. The van der Waals surface area contributed by atoms with Gasteiger partial charge in [-0.2, -0.15) is 13.2 Å². The Kier molecular flexibility index (Phi) is 10.9. The van der Waals surface area contributed by atoms with E-state index in [4.69, 9.17) is 9.47 Å². The minimum atomic E-state index is -5.02. The number of rotatable bonds is 10. The SMILES string of the molecule is C[C@H]1[C@@H](CSc2nnnn2C)O[C@@H](c2ccc(-c3cccc(CNC(=O)[C@@H]4CCCN4C(=O)C(F)(F)F)c3)cc2)O[C@H]1c1ccc(CO)cc1. The molecule has 1 aromatic heterocycles. The first-order valence-corrected chi connectivity index (χ1v) is 17.2. The summed E-state index contributed by atoms with van der Waals surface area (Å²) in [5.41, 5.74) is 5.16. The van der Waals surface area contributed by atoms with E-state index in [-0.39, 0.29) is 44.2 Å². The van der Waals surface area contributed by atoms with Crippen molar-refractivity contribution in [3.63, 3.8) is 0 Å². The van der Waals surface area contributed by atoms with Gasteiger partial charge >= 0.3 is 12.1 Å². The third kappa shape index (κ3) is 8.01. The fourth-order valence-corrected chi connectivity index (χ4v) is 7.27. The summed E-state index contributed by atoms with van der Waals surface area (Å²) in [7, 11) is 1.78. The van der Waals surface area contributed by atoms with Crippen molar-refractivity contribution in [2.45, 2.75) is 68.8 Å². The number of nitrogens with one attached hydrogen (secondary N) is 1. The lowest BCUT2D eigenvalue weighted by molar-refractivity contribution is -0.268. The number of carbonyl (C=O) groups excluding carboxylic acids is 2. The maximum Gasteiger partial charge on any atom is 0.471 e. The number of thioether (sulfide) groups is 1. The van der Waals surface area contributed by atoms with E-state index in [0.29, 0.717) is 22.2 Å². The highest BCUT2D eigenvalue weighted by Gasteiger charge is 2.47. The first kappa shape index (κ1) is 35.5. The van der Waals surface area contributed by atoms with Gasteiger partial charge < -0.3 is 24.8 Å². The monoisotopic (exact) mass is 710 g/mol. The molecule has 0 aliphatic carbocycles. The number of nitrogens with zero attached hydrogens (tertiary/aromatic N) is 5. The summed E-state index contributed by atoms with van der Waals surface area (Å²) >= 11 is 1.51. The summed E-state index contributed by atoms with van der Waals surface area (Å²) in [5, 5.41) is 24.6. The van der Waals surface area contributed by atoms with Crippen molar-refractivity contribution in [2.75, 3.05) is 12.3 Å². The number of hydrogen-bond donors (Lipinski definition) is 2. The Hall–Kier alpha value is -4.31. The molecular formula is C35H37F3N6O5S. The molecule has 15 heteroatoms. The van der Waals surface area contributed by atoms with Crippen LogP contribution in [0.25, 0.3) is 11.1 Å². The van der Waals surface area contributed by atoms with E-state index in [9.17, 15) is 27.9 Å². The van der Waals surface area contributed by atoms with Crippen LogP contribution in [-0.4, -0.2) is 72.6 Å². The van der Waals surface area contributed by atoms with E-state index in [2.05, 4.69) is 27.8 Å². The van der Waals surface area contributed by atoms with Gasteiger partial charge in [0, 0.05) is 37.4 Å². The maximum atomic E-state index is 13.0. The van der Waals surface area contributed by atoms with E-state index in [0.717, 1.165) is 33.4 Å². The summed E-state index contributed by atoms with van der Waals surface area (Å²) in [5.74, 6) is -2.01. The number of tetrazole rings is 1. The molecule has 0 spiro atoms. The van der Waals surface area contributed by atoms with Crippen molar-refractivity contribution in [3.8, 4) is 11.1 Å². The van der Waals surface area contributed by atoms with Crippen molar-refractivity contribution in [1.82, 2.24) is 30.4 Å². The number of aryl methyl sites for hydroxylation is 1. The van der Waals surface area contributed by atoms with Crippen LogP contribution in [0, 0.1) is 5.92 Å². The van der Waals surface area contributed by atoms with Crippen LogP contribution in [-0.2, 0) is 39.3 Å². The minimum Gasteiger partial charge on any atom is -0.392 e. The number of carbonyl (C=O) groups is 2. The zero-order chi connectivity index (χ0) is 35.4. The highest BCUT2D eigenvalue weighted by Crippen LogP contribution is 2.43. The van der Waals surface area contributed by atoms with E-state index >= 15 is 0 Å². The minimum absolute atomic E-state index is 0.00992. The second-order valence-electron chi connectivity index (χ2n) is 12.4. The molecule has 6 rings (SSSR count). The largest absolute Gasteiger partial charge is 0.471 e. The van der Waals surface area contributed by atoms with Gasteiger partial charge in [0.25, 0.3) is 0 Å². The summed E-state index contributed by atoms with van der Waals surface area (Å²) < 4.78 is 53.7. The summed E-state index contributed by atoms with van der Waals surface area (Å²) in [6.45, 7) is 2.04.